The minimum Gasteiger partial charge on any atom is -0.494 e. The average Bonchev–Trinajstić information content (AvgIpc) is 2.64. The molecule has 0 aliphatic heterocycles. The summed E-state index contributed by atoms with van der Waals surface area (Å²) in [4.78, 5) is 0. The van der Waals surface area contributed by atoms with Crippen LogP contribution in [0.25, 0.3) is 0 Å². The first-order valence-electron chi connectivity index (χ1n) is 8.77. The highest BCUT2D eigenvalue weighted by atomic mass is 16.5. The van der Waals surface area contributed by atoms with Crippen LogP contribution in [0, 0.1) is 11.3 Å². The van der Waals surface area contributed by atoms with Crippen LogP contribution in [-0.2, 0) is 6.54 Å². The molecule has 2 aromatic carbocycles. The molecule has 1 atom stereocenters. The molecule has 0 amide bonds. The van der Waals surface area contributed by atoms with Crippen LogP contribution in [0.1, 0.15) is 43.9 Å². The van der Waals surface area contributed by atoms with E-state index in [1.807, 2.05) is 37.3 Å². The number of hydrogen-bond acceptors (Lipinski definition) is 4. The monoisotopic (exact) mass is 338 g/mol. The molecule has 1 unspecified atom stereocenters. The van der Waals surface area contributed by atoms with Gasteiger partial charge in [0, 0.05) is 19.0 Å². The standard InChI is InChI=1S/C21H26N2O2/c1-3-24-21-11-7-9-19(15-21)17(2)23-16-18-8-6-10-20(14-18)25-13-5-4-12-22/h6-11,14-15,17,23H,3-5,13,16H2,1-2H3. The molecule has 0 fully saturated rings. The second kappa shape index (κ2) is 10.4. The van der Waals surface area contributed by atoms with E-state index in [9.17, 15) is 0 Å². The molecule has 132 valence electrons. The van der Waals surface area contributed by atoms with Gasteiger partial charge < -0.3 is 14.8 Å². The van der Waals surface area contributed by atoms with E-state index in [2.05, 4.69) is 36.5 Å². The van der Waals surface area contributed by atoms with Gasteiger partial charge in [-0.05, 0) is 55.7 Å². The Morgan fingerprint density at radius 3 is 2.60 bits per heavy atom. The number of benzene rings is 2. The minimum atomic E-state index is 0.223. The van der Waals surface area contributed by atoms with Crippen molar-refractivity contribution in [3.63, 3.8) is 0 Å². The molecule has 0 aliphatic carbocycles. The maximum absolute atomic E-state index is 8.55. The fourth-order valence-electron chi connectivity index (χ4n) is 2.52. The van der Waals surface area contributed by atoms with Crippen molar-refractivity contribution in [3.05, 3.63) is 59.7 Å². The molecule has 0 aliphatic rings. The molecule has 25 heavy (non-hydrogen) atoms. The van der Waals surface area contributed by atoms with Crippen LogP contribution in [0.5, 0.6) is 11.5 Å². The highest BCUT2D eigenvalue weighted by molar-refractivity contribution is 5.31. The maximum atomic E-state index is 8.55. The molecule has 1 N–H and O–H groups in total. The molecule has 2 rings (SSSR count). The molecule has 0 spiro atoms. The third kappa shape index (κ3) is 6.48. The lowest BCUT2D eigenvalue weighted by Crippen LogP contribution is -2.18. The summed E-state index contributed by atoms with van der Waals surface area (Å²) in [7, 11) is 0. The lowest BCUT2D eigenvalue weighted by Gasteiger charge is -2.16. The third-order valence-electron chi connectivity index (χ3n) is 3.88. The van der Waals surface area contributed by atoms with E-state index in [-0.39, 0.29) is 6.04 Å². The second-order valence-corrected chi connectivity index (χ2v) is 5.87. The number of nitrogens with zero attached hydrogens (tertiary/aromatic N) is 1. The van der Waals surface area contributed by atoms with E-state index in [1.54, 1.807) is 0 Å². The Morgan fingerprint density at radius 1 is 1.08 bits per heavy atom. The van der Waals surface area contributed by atoms with Crippen LogP contribution in [0.3, 0.4) is 0 Å². The zero-order chi connectivity index (χ0) is 17.9. The van der Waals surface area contributed by atoms with Gasteiger partial charge in [-0.25, -0.2) is 0 Å². The van der Waals surface area contributed by atoms with E-state index >= 15 is 0 Å². The number of ether oxygens (including phenoxy) is 2. The van der Waals surface area contributed by atoms with E-state index in [0.717, 1.165) is 24.5 Å². The van der Waals surface area contributed by atoms with Gasteiger partial charge in [-0.3, -0.25) is 0 Å². The van der Waals surface area contributed by atoms with E-state index in [4.69, 9.17) is 14.7 Å². The Hall–Kier alpha value is -2.51. The molecule has 0 saturated carbocycles. The fraction of sp³-hybridized carbons (Fsp3) is 0.381. The van der Waals surface area contributed by atoms with Gasteiger partial charge in [0.1, 0.15) is 11.5 Å². The number of rotatable bonds is 10. The largest absolute Gasteiger partial charge is 0.494 e. The smallest absolute Gasteiger partial charge is 0.119 e. The Balaban J connectivity index is 1.88. The summed E-state index contributed by atoms with van der Waals surface area (Å²) in [5, 5.41) is 12.1. The molecule has 4 heteroatoms. The van der Waals surface area contributed by atoms with Crippen LogP contribution in [0.4, 0.5) is 0 Å². The minimum absolute atomic E-state index is 0.223. The summed E-state index contributed by atoms with van der Waals surface area (Å²) in [5.41, 5.74) is 2.38. The Bertz CT molecular complexity index is 694. The second-order valence-electron chi connectivity index (χ2n) is 5.87. The van der Waals surface area contributed by atoms with Gasteiger partial charge in [-0.2, -0.15) is 5.26 Å². The highest BCUT2D eigenvalue weighted by Crippen LogP contribution is 2.20. The first-order chi connectivity index (χ1) is 12.2. The maximum Gasteiger partial charge on any atom is 0.119 e. The van der Waals surface area contributed by atoms with Crippen LogP contribution in [0.15, 0.2) is 48.5 Å². The lowest BCUT2D eigenvalue weighted by molar-refractivity contribution is 0.312. The van der Waals surface area contributed by atoms with Crippen molar-refractivity contribution < 1.29 is 9.47 Å². The van der Waals surface area contributed by atoms with Crippen molar-refractivity contribution in [3.8, 4) is 17.6 Å². The molecule has 4 nitrogen and oxygen atoms in total. The van der Waals surface area contributed by atoms with Gasteiger partial charge in [-0.15, -0.1) is 0 Å². The first kappa shape index (κ1) is 18.8. The Kier molecular flexibility index (Phi) is 7.81. The number of hydrogen-bond donors (Lipinski definition) is 1. The van der Waals surface area contributed by atoms with E-state index < -0.39 is 0 Å². The predicted molar refractivity (Wildman–Crippen MR) is 99.6 cm³/mol. The molecular formula is C21H26N2O2. The number of unbranched alkanes of at least 4 members (excludes halogenated alkanes) is 1. The van der Waals surface area contributed by atoms with Crippen molar-refractivity contribution in [1.29, 1.82) is 5.26 Å². The Labute approximate surface area is 150 Å². The summed E-state index contributed by atoms with van der Waals surface area (Å²) in [6.45, 7) is 6.14. The quantitative estimate of drug-likeness (QED) is 0.642. The van der Waals surface area contributed by atoms with Crippen molar-refractivity contribution in [2.24, 2.45) is 0 Å². The van der Waals surface area contributed by atoms with Crippen molar-refractivity contribution in [2.45, 2.75) is 39.3 Å². The fourth-order valence-corrected chi connectivity index (χ4v) is 2.52. The van der Waals surface area contributed by atoms with Crippen LogP contribution < -0.4 is 14.8 Å². The summed E-state index contributed by atoms with van der Waals surface area (Å²) in [6, 6.07) is 18.6. The third-order valence-corrected chi connectivity index (χ3v) is 3.88. The number of nitriles is 1. The van der Waals surface area contributed by atoms with Gasteiger partial charge in [-0.1, -0.05) is 24.3 Å². The molecule has 0 radical (unpaired) electrons. The van der Waals surface area contributed by atoms with E-state index in [1.165, 1.54) is 11.1 Å². The topological polar surface area (TPSA) is 54.3 Å². The highest BCUT2D eigenvalue weighted by Gasteiger charge is 2.06. The molecular weight excluding hydrogens is 312 g/mol. The SMILES string of the molecule is CCOc1cccc(C(C)NCc2cccc(OCCCC#N)c2)c1. The summed E-state index contributed by atoms with van der Waals surface area (Å²) in [6.07, 6.45) is 1.28. The normalized spacial score (nSPS) is 11.6. The zero-order valence-corrected chi connectivity index (χ0v) is 15.0. The zero-order valence-electron chi connectivity index (χ0n) is 15.0. The van der Waals surface area contributed by atoms with E-state index in [0.29, 0.717) is 19.6 Å². The van der Waals surface area contributed by atoms with Gasteiger partial charge in [0.25, 0.3) is 0 Å². The molecule has 2 aromatic rings. The van der Waals surface area contributed by atoms with Crippen LogP contribution in [0.2, 0.25) is 0 Å². The summed E-state index contributed by atoms with van der Waals surface area (Å²) >= 11 is 0. The average molecular weight is 338 g/mol. The molecule has 0 heterocycles. The summed E-state index contributed by atoms with van der Waals surface area (Å²) < 4.78 is 11.3. The molecule has 0 bridgehead atoms. The summed E-state index contributed by atoms with van der Waals surface area (Å²) in [5.74, 6) is 1.75. The van der Waals surface area contributed by atoms with Gasteiger partial charge in [0.2, 0.25) is 0 Å². The Morgan fingerprint density at radius 2 is 1.84 bits per heavy atom. The number of nitrogens with one attached hydrogen (secondary N) is 1. The van der Waals surface area contributed by atoms with Crippen LogP contribution in [-0.4, -0.2) is 13.2 Å². The lowest BCUT2D eigenvalue weighted by atomic mass is 10.1. The van der Waals surface area contributed by atoms with Gasteiger partial charge in [0.05, 0.1) is 19.3 Å². The molecule has 0 aromatic heterocycles. The van der Waals surface area contributed by atoms with Gasteiger partial charge >= 0.3 is 0 Å². The predicted octanol–water partition coefficient (Wildman–Crippen LogP) is 4.62. The van der Waals surface area contributed by atoms with Crippen LogP contribution >= 0.6 is 0 Å². The van der Waals surface area contributed by atoms with Gasteiger partial charge in [0.15, 0.2) is 0 Å². The van der Waals surface area contributed by atoms with Crippen molar-refractivity contribution in [1.82, 2.24) is 5.32 Å². The van der Waals surface area contributed by atoms with Crippen molar-refractivity contribution in [2.75, 3.05) is 13.2 Å². The molecule has 0 saturated heterocycles. The first-order valence-corrected chi connectivity index (χ1v) is 8.77. The van der Waals surface area contributed by atoms with Crippen molar-refractivity contribution >= 4 is 0 Å².